The third kappa shape index (κ3) is 3.82. The summed E-state index contributed by atoms with van der Waals surface area (Å²) in [5.74, 6) is -0.149. The maximum Gasteiger partial charge on any atom is 0.255 e. The van der Waals surface area contributed by atoms with Crippen molar-refractivity contribution in [1.82, 2.24) is 9.88 Å². The fourth-order valence-electron chi connectivity index (χ4n) is 3.16. The van der Waals surface area contributed by atoms with Gasteiger partial charge in [0.05, 0.1) is 11.5 Å². The number of rotatable bonds is 4. The molecule has 0 bridgehead atoms. The number of amides is 1. The van der Waals surface area contributed by atoms with Crippen LogP contribution in [0.5, 0.6) is 0 Å². The summed E-state index contributed by atoms with van der Waals surface area (Å²) in [7, 11) is -3.06. The molecule has 1 aromatic carbocycles. The van der Waals surface area contributed by atoms with E-state index in [9.17, 15) is 18.0 Å². The van der Waals surface area contributed by atoms with E-state index in [1.54, 1.807) is 11.0 Å². The van der Waals surface area contributed by atoms with Gasteiger partial charge in [-0.05, 0) is 36.9 Å². The molecule has 1 atom stereocenters. The number of carbonyl (C=O) groups excluding carboxylic acids is 1. The van der Waals surface area contributed by atoms with Gasteiger partial charge >= 0.3 is 0 Å². The van der Waals surface area contributed by atoms with Crippen molar-refractivity contribution in [3.8, 4) is 0 Å². The Bertz CT molecular complexity index is 992. The molecular formula is C18H20N2O4S. The number of fused-ring (bicyclic) bond motifs is 1. The first-order valence-electron chi connectivity index (χ1n) is 8.21. The summed E-state index contributed by atoms with van der Waals surface area (Å²) >= 11 is 0. The number of pyridine rings is 1. The summed E-state index contributed by atoms with van der Waals surface area (Å²) in [6.45, 7) is 2.25. The molecule has 1 amide bonds. The molecule has 0 aliphatic carbocycles. The second kappa shape index (κ2) is 6.84. The maximum absolute atomic E-state index is 12.5. The molecule has 2 aromatic rings. The maximum atomic E-state index is 12.5. The second-order valence-electron chi connectivity index (χ2n) is 6.16. The molecule has 1 aliphatic rings. The van der Waals surface area contributed by atoms with Crippen LogP contribution < -0.4 is 5.56 Å². The van der Waals surface area contributed by atoms with Crippen molar-refractivity contribution in [3.63, 3.8) is 0 Å². The summed E-state index contributed by atoms with van der Waals surface area (Å²) in [4.78, 5) is 28.9. The summed E-state index contributed by atoms with van der Waals surface area (Å²) in [5, 5.41) is 0.878. The van der Waals surface area contributed by atoms with Gasteiger partial charge in [0.1, 0.15) is 0 Å². The predicted octanol–water partition coefficient (Wildman–Crippen LogP) is 1.58. The Kier molecular flexibility index (Phi) is 4.76. The number of para-hydroxylation sites is 1. The topological polar surface area (TPSA) is 87.3 Å². The van der Waals surface area contributed by atoms with Crippen LogP contribution in [0.3, 0.4) is 0 Å². The first kappa shape index (κ1) is 17.4. The molecule has 1 saturated heterocycles. The minimum Gasteiger partial charge on any atom is -0.335 e. The molecule has 0 saturated carbocycles. The Balaban J connectivity index is 1.82. The van der Waals surface area contributed by atoms with Gasteiger partial charge in [0, 0.05) is 29.7 Å². The molecular weight excluding hydrogens is 340 g/mol. The molecule has 2 heterocycles. The lowest BCUT2D eigenvalue weighted by Crippen LogP contribution is -2.40. The Hall–Kier alpha value is -2.41. The van der Waals surface area contributed by atoms with Gasteiger partial charge in [-0.25, -0.2) is 8.42 Å². The monoisotopic (exact) mass is 360 g/mol. The smallest absolute Gasteiger partial charge is 0.255 e. The normalized spacial score (nSPS) is 19.5. The largest absolute Gasteiger partial charge is 0.335 e. The molecule has 1 fully saturated rings. The molecule has 3 rings (SSSR count). The van der Waals surface area contributed by atoms with Crippen LogP contribution in [0, 0.1) is 0 Å². The molecule has 1 N–H and O–H groups in total. The van der Waals surface area contributed by atoms with E-state index in [0.29, 0.717) is 18.5 Å². The first-order valence-corrected chi connectivity index (χ1v) is 10.0. The van der Waals surface area contributed by atoms with Gasteiger partial charge in [-0.2, -0.15) is 0 Å². The third-order valence-electron chi connectivity index (χ3n) is 4.46. The number of carbonyl (C=O) groups is 1. The van der Waals surface area contributed by atoms with E-state index >= 15 is 0 Å². The van der Waals surface area contributed by atoms with Gasteiger partial charge in [0.25, 0.3) is 5.56 Å². The van der Waals surface area contributed by atoms with E-state index in [0.717, 1.165) is 10.9 Å². The highest BCUT2D eigenvalue weighted by molar-refractivity contribution is 7.91. The van der Waals surface area contributed by atoms with Crippen LogP contribution in [0.2, 0.25) is 0 Å². The van der Waals surface area contributed by atoms with Crippen LogP contribution >= 0.6 is 0 Å². The molecule has 7 heteroatoms. The lowest BCUT2D eigenvalue weighted by Gasteiger charge is -2.25. The van der Waals surface area contributed by atoms with Gasteiger partial charge in [0.2, 0.25) is 5.91 Å². The molecule has 1 unspecified atom stereocenters. The lowest BCUT2D eigenvalue weighted by molar-refractivity contribution is -0.127. The van der Waals surface area contributed by atoms with Crippen molar-refractivity contribution < 1.29 is 13.2 Å². The van der Waals surface area contributed by atoms with E-state index in [4.69, 9.17) is 0 Å². The van der Waals surface area contributed by atoms with E-state index in [-0.39, 0.29) is 29.0 Å². The van der Waals surface area contributed by atoms with Crippen LogP contribution in [-0.2, 0) is 14.6 Å². The zero-order chi connectivity index (χ0) is 18.0. The number of nitrogens with zero attached hydrogens (tertiary/aromatic N) is 1. The van der Waals surface area contributed by atoms with Gasteiger partial charge in [0.15, 0.2) is 9.84 Å². The van der Waals surface area contributed by atoms with Crippen molar-refractivity contribution in [1.29, 1.82) is 0 Å². The third-order valence-corrected chi connectivity index (χ3v) is 6.21. The number of sulfone groups is 1. The zero-order valence-electron chi connectivity index (χ0n) is 13.9. The number of hydrogen-bond donors (Lipinski definition) is 1. The summed E-state index contributed by atoms with van der Waals surface area (Å²) < 4.78 is 23.3. The molecule has 1 aliphatic heterocycles. The average molecular weight is 360 g/mol. The number of aromatic amines is 1. The number of aromatic nitrogens is 1. The van der Waals surface area contributed by atoms with Crippen molar-refractivity contribution >= 4 is 32.7 Å². The average Bonchev–Trinajstić information content (AvgIpc) is 2.93. The minimum absolute atomic E-state index is 0.0109. The molecule has 25 heavy (non-hydrogen) atoms. The number of benzene rings is 1. The number of H-pyrrole nitrogens is 1. The molecule has 0 spiro atoms. The van der Waals surface area contributed by atoms with Gasteiger partial charge in [-0.15, -0.1) is 0 Å². The highest BCUT2D eigenvalue weighted by atomic mass is 32.2. The fourth-order valence-corrected chi connectivity index (χ4v) is 4.89. The van der Waals surface area contributed by atoms with Crippen LogP contribution in [0.25, 0.3) is 17.0 Å². The lowest BCUT2D eigenvalue weighted by atomic mass is 10.1. The van der Waals surface area contributed by atoms with Crippen molar-refractivity contribution in [3.05, 3.63) is 52.3 Å². The number of nitrogens with one attached hydrogen (secondary N) is 1. The van der Waals surface area contributed by atoms with E-state index in [1.807, 2.05) is 31.2 Å². The van der Waals surface area contributed by atoms with Crippen LogP contribution in [0.1, 0.15) is 18.9 Å². The summed E-state index contributed by atoms with van der Waals surface area (Å²) in [6, 6.07) is 8.85. The molecule has 1 aromatic heterocycles. The highest BCUT2D eigenvalue weighted by Crippen LogP contribution is 2.18. The number of hydrogen-bond acceptors (Lipinski definition) is 4. The van der Waals surface area contributed by atoms with Crippen LogP contribution in [-0.4, -0.2) is 48.3 Å². The van der Waals surface area contributed by atoms with Crippen LogP contribution in [0.4, 0.5) is 0 Å². The minimum atomic E-state index is -3.06. The Morgan fingerprint density at radius 3 is 2.80 bits per heavy atom. The molecule has 6 nitrogen and oxygen atoms in total. The van der Waals surface area contributed by atoms with Crippen molar-refractivity contribution in [2.24, 2.45) is 0 Å². The Labute approximate surface area is 146 Å². The van der Waals surface area contributed by atoms with Gasteiger partial charge < -0.3 is 9.88 Å². The summed E-state index contributed by atoms with van der Waals surface area (Å²) in [6.07, 6.45) is 3.29. The molecule has 0 radical (unpaired) electrons. The SMILES string of the molecule is CCN(C(=O)/C=C/c1cc2ccccc2[nH]c1=O)C1CCS(=O)(=O)C1. The number of likely N-dealkylation sites (N-methyl/N-ethyl adjacent to an activating group) is 1. The quantitative estimate of drug-likeness (QED) is 0.839. The second-order valence-corrected chi connectivity index (χ2v) is 8.38. The van der Waals surface area contributed by atoms with E-state index in [2.05, 4.69) is 4.98 Å². The standard InChI is InChI=1S/C18H20N2O4S/c1-2-20(15-9-10-25(23,24)12-15)17(21)8-7-14-11-13-5-3-4-6-16(13)19-18(14)22/h3-8,11,15H,2,9-10,12H2,1H3,(H,19,22)/b8-7+. The fraction of sp³-hybridized carbons (Fsp3) is 0.333. The van der Waals surface area contributed by atoms with Gasteiger partial charge in [-0.1, -0.05) is 18.2 Å². The van der Waals surface area contributed by atoms with Gasteiger partial charge in [-0.3, -0.25) is 9.59 Å². The summed E-state index contributed by atoms with van der Waals surface area (Å²) in [5.41, 5.74) is 0.860. The Morgan fingerprint density at radius 1 is 1.36 bits per heavy atom. The van der Waals surface area contributed by atoms with Crippen LogP contribution in [0.15, 0.2) is 41.2 Å². The molecule has 132 valence electrons. The zero-order valence-corrected chi connectivity index (χ0v) is 14.8. The van der Waals surface area contributed by atoms with Crippen molar-refractivity contribution in [2.45, 2.75) is 19.4 Å². The van der Waals surface area contributed by atoms with E-state index in [1.165, 1.54) is 12.2 Å². The van der Waals surface area contributed by atoms with E-state index < -0.39 is 9.84 Å². The predicted molar refractivity (Wildman–Crippen MR) is 98.0 cm³/mol. The van der Waals surface area contributed by atoms with Crippen molar-refractivity contribution in [2.75, 3.05) is 18.1 Å². The Morgan fingerprint density at radius 2 is 2.12 bits per heavy atom. The highest BCUT2D eigenvalue weighted by Gasteiger charge is 2.33. The first-order chi connectivity index (χ1) is 11.9.